The fourth-order valence-corrected chi connectivity index (χ4v) is 8.57. The molecule has 7 rings (SSSR count). The molecule has 2 aromatic carbocycles. The highest BCUT2D eigenvalue weighted by Gasteiger charge is 2.38. The number of hydrogen-bond donors (Lipinski definition) is 2. The van der Waals surface area contributed by atoms with Crippen molar-refractivity contribution in [3.63, 3.8) is 0 Å². The van der Waals surface area contributed by atoms with Crippen LogP contribution in [0.5, 0.6) is 5.75 Å². The van der Waals surface area contributed by atoms with Crippen molar-refractivity contribution < 1.29 is 28.2 Å². The fourth-order valence-electron chi connectivity index (χ4n) is 7.52. The van der Waals surface area contributed by atoms with Gasteiger partial charge in [-0.05, 0) is 75.7 Å². The van der Waals surface area contributed by atoms with E-state index in [1.54, 1.807) is 23.9 Å². The molecule has 0 unspecified atom stereocenters. The van der Waals surface area contributed by atoms with Gasteiger partial charge in [0.25, 0.3) is 5.56 Å². The highest BCUT2D eigenvalue weighted by molar-refractivity contribution is 7.99. The number of aromatic amines is 1. The van der Waals surface area contributed by atoms with Crippen molar-refractivity contribution in [3.8, 4) is 5.75 Å². The Hall–Kier alpha value is -3.26. The topological polar surface area (TPSA) is 111 Å². The Morgan fingerprint density at radius 2 is 1.68 bits per heavy atom. The molecule has 0 bridgehead atoms. The van der Waals surface area contributed by atoms with E-state index in [9.17, 15) is 18.4 Å². The first-order valence-electron chi connectivity index (χ1n) is 18.1. The minimum absolute atomic E-state index is 0.0294. The Morgan fingerprint density at radius 3 is 2.36 bits per heavy atom. The van der Waals surface area contributed by atoms with Gasteiger partial charge in [0, 0.05) is 74.5 Å². The van der Waals surface area contributed by atoms with Gasteiger partial charge in [-0.3, -0.25) is 14.6 Å². The van der Waals surface area contributed by atoms with Crippen LogP contribution in [-0.2, 0) is 10.5 Å². The molecule has 4 aliphatic rings. The molecule has 0 radical (unpaired) electrons. The number of piperidine rings is 2. The largest absolute Gasteiger partial charge is 0.493 e. The number of carbonyl (C=O) groups is 1. The van der Waals surface area contributed by atoms with Crippen LogP contribution in [0.3, 0.4) is 0 Å². The molecule has 0 atom stereocenters. The van der Waals surface area contributed by atoms with Crippen molar-refractivity contribution in [1.82, 2.24) is 19.8 Å². The lowest BCUT2D eigenvalue weighted by molar-refractivity contribution is -0.0181. The molecular formula is C37H49F2N5O5S. The summed E-state index contributed by atoms with van der Waals surface area (Å²) >= 11 is 1.75. The van der Waals surface area contributed by atoms with Gasteiger partial charge in [-0.1, -0.05) is 13.8 Å². The summed E-state index contributed by atoms with van der Waals surface area (Å²) in [6.07, 6.45) is 6.01. The minimum atomic E-state index is -1.25. The van der Waals surface area contributed by atoms with Gasteiger partial charge in [0.05, 0.1) is 23.4 Å². The second-order valence-electron chi connectivity index (χ2n) is 13.5. The number of halogens is 2. The summed E-state index contributed by atoms with van der Waals surface area (Å²) in [4.78, 5) is 38.4. The molecule has 272 valence electrons. The second kappa shape index (κ2) is 16.8. The van der Waals surface area contributed by atoms with E-state index < -0.39 is 23.2 Å². The van der Waals surface area contributed by atoms with Gasteiger partial charge in [-0.2, -0.15) is 11.8 Å². The van der Waals surface area contributed by atoms with E-state index in [1.165, 1.54) is 18.2 Å². The molecule has 3 aromatic rings. The number of carboxylic acids is 1. The van der Waals surface area contributed by atoms with Crippen LogP contribution in [0, 0.1) is 17.6 Å². The van der Waals surface area contributed by atoms with Crippen LogP contribution in [0.4, 0.5) is 14.5 Å². The zero-order valence-electron chi connectivity index (χ0n) is 29.0. The molecule has 1 aromatic heterocycles. The standard InChI is InChI=1S/C35H43F2N5O5S.C2H6/c36-29-15-24(1-2-28(29)35(44)45)40-11-5-23(6-12-40)42-18-25(19-42)41-9-3-22(4-10-41)20-47-26-16-30(37)33-31(17-26)38-32(39-34(33)43)21-48-27-7-13-46-14-8-27;1-2/h1-2,15-17,22-23,25,27H,3-14,18-21H2,(H,44,45)(H,38,39,43);1-2H3. The summed E-state index contributed by atoms with van der Waals surface area (Å²) in [7, 11) is 0. The van der Waals surface area contributed by atoms with E-state index in [0.717, 1.165) is 96.7 Å². The van der Waals surface area contributed by atoms with Crippen molar-refractivity contribution in [2.75, 3.05) is 64.0 Å². The molecule has 4 fully saturated rings. The molecule has 4 aliphatic heterocycles. The van der Waals surface area contributed by atoms with Gasteiger partial charge < -0.3 is 24.5 Å². The molecule has 0 saturated carbocycles. The summed E-state index contributed by atoms with van der Waals surface area (Å²) in [6, 6.07) is 8.44. The third kappa shape index (κ3) is 8.60. The zero-order chi connectivity index (χ0) is 35.2. The number of likely N-dealkylation sites (tertiary alicyclic amines) is 2. The van der Waals surface area contributed by atoms with Crippen LogP contribution in [0.25, 0.3) is 10.9 Å². The number of H-pyrrole nitrogens is 1. The third-order valence-corrected chi connectivity index (χ3v) is 11.9. The smallest absolute Gasteiger partial charge is 0.338 e. The van der Waals surface area contributed by atoms with Gasteiger partial charge in [0.1, 0.15) is 28.6 Å². The highest BCUT2D eigenvalue weighted by Crippen LogP contribution is 2.31. The lowest BCUT2D eigenvalue weighted by Gasteiger charge is -2.52. The molecule has 5 heterocycles. The van der Waals surface area contributed by atoms with Gasteiger partial charge in [0.2, 0.25) is 0 Å². The molecular weight excluding hydrogens is 664 g/mol. The number of fused-ring (bicyclic) bond motifs is 1. The molecule has 0 aliphatic carbocycles. The number of anilines is 1. The van der Waals surface area contributed by atoms with Crippen molar-refractivity contribution in [2.24, 2.45) is 5.92 Å². The molecule has 10 nitrogen and oxygen atoms in total. The monoisotopic (exact) mass is 713 g/mol. The summed E-state index contributed by atoms with van der Waals surface area (Å²) in [6.45, 7) is 11.8. The van der Waals surface area contributed by atoms with Crippen LogP contribution in [0.1, 0.15) is 68.6 Å². The van der Waals surface area contributed by atoms with Crippen molar-refractivity contribution in [1.29, 1.82) is 0 Å². The van der Waals surface area contributed by atoms with E-state index in [0.29, 0.717) is 52.7 Å². The number of rotatable bonds is 10. The molecule has 0 amide bonds. The first-order chi connectivity index (χ1) is 24.3. The van der Waals surface area contributed by atoms with Crippen LogP contribution in [-0.4, -0.2) is 107 Å². The quantitative estimate of drug-likeness (QED) is 0.268. The number of benzene rings is 2. The van der Waals surface area contributed by atoms with Gasteiger partial charge in [0.15, 0.2) is 0 Å². The molecule has 0 spiro atoms. The number of ether oxygens (including phenoxy) is 2. The Kier molecular flexibility index (Phi) is 12.3. The average molecular weight is 714 g/mol. The number of aromatic carboxylic acids is 1. The van der Waals surface area contributed by atoms with E-state index in [4.69, 9.17) is 14.6 Å². The molecule has 4 saturated heterocycles. The molecule has 50 heavy (non-hydrogen) atoms. The van der Waals surface area contributed by atoms with Gasteiger partial charge in [-0.25, -0.2) is 18.6 Å². The number of thioether (sulfide) groups is 1. The first kappa shape index (κ1) is 36.5. The minimum Gasteiger partial charge on any atom is -0.493 e. The lowest BCUT2D eigenvalue weighted by atomic mass is 9.92. The van der Waals surface area contributed by atoms with E-state index in [-0.39, 0.29) is 10.9 Å². The normalized spacial score (nSPS) is 20.4. The maximum Gasteiger partial charge on any atom is 0.338 e. The molecule has 13 heteroatoms. The Bertz CT molecular complexity index is 1670. The van der Waals surface area contributed by atoms with E-state index >= 15 is 0 Å². The average Bonchev–Trinajstić information content (AvgIpc) is 3.11. The third-order valence-electron chi connectivity index (χ3n) is 10.5. The Balaban J connectivity index is 0.00000212. The Morgan fingerprint density at radius 1 is 0.960 bits per heavy atom. The number of aromatic nitrogens is 2. The van der Waals surface area contributed by atoms with Gasteiger partial charge >= 0.3 is 5.97 Å². The van der Waals surface area contributed by atoms with E-state index in [2.05, 4.69) is 24.7 Å². The first-order valence-corrected chi connectivity index (χ1v) is 19.2. The summed E-state index contributed by atoms with van der Waals surface area (Å²) < 4.78 is 40.7. The summed E-state index contributed by atoms with van der Waals surface area (Å²) in [5.74, 6) is -0.644. The fraction of sp³-hybridized carbons (Fsp3) is 0.595. The maximum absolute atomic E-state index is 15.0. The van der Waals surface area contributed by atoms with Crippen LogP contribution >= 0.6 is 11.8 Å². The predicted molar refractivity (Wildman–Crippen MR) is 193 cm³/mol. The van der Waals surface area contributed by atoms with Gasteiger partial charge in [-0.15, -0.1) is 0 Å². The number of carboxylic acid groups (broad SMARTS) is 1. The lowest BCUT2D eigenvalue weighted by Crippen LogP contribution is -2.64. The van der Waals surface area contributed by atoms with E-state index in [1.807, 2.05) is 13.8 Å². The van der Waals surface area contributed by atoms with Crippen LogP contribution in [0.2, 0.25) is 0 Å². The van der Waals surface area contributed by atoms with Crippen LogP contribution < -0.4 is 15.2 Å². The van der Waals surface area contributed by atoms with Crippen molar-refractivity contribution in [3.05, 3.63) is 63.7 Å². The second-order valence-corrected chi connectivity index (χ2v) is 14.8. The number of nitrogens with one attached hydrogen (secondary N) is 1. The van der Waals surface area contributed by atoms with Crippen LogP contribution in [0.15, 0.2) is 35.1 Å². The number of hydrogen-bond acceptors (Lipinski definition) is 9. The molecule has 2 N–H and O–H groups in total. The summed E-state index contributed by atoms with van der Waals surface area (Å²) in [5.41, 5.74) is 0.320. The highest BCUT2D eigenvalue weighted by atomic mass is 32.2. The number of nitrogens with zero attached hydrogens (tertiary/aromatic N) is 4. The van der Waals surface area contributed by atoms with Crippen molar-refractivity contribution in [2.45, 2.75) is 75.5 Å². The SMILES string of the molecule is CC.O=C(O)c1ccc(N2CCC(N3CC(N4CCC(COc5cc(F)c6c(=O)[nH]c(CSC7CCOCC7)nc6c5)CC4)C3)CC2)cc1F. The zero-order valence-corrected chi connectivity index (χ0v) is 29.9. The maximum atomic E-state index is 15.0. The predicted octanol–water partition coefficient (Wildman–Crippen LogP) is 5.78. The van der Waals surface area contributed by atoms with Crippen molar-refractivity contribution >= 4 is 34.3 Å². The summed E-state index contributed by atoms with van der Waals surface area (Å²) in [5, 5.41) is 9.53. The Labute approximate surface area is 296 Å².